The van der Waals surface area contributed by atoms with E-state index in [2.05, 4.69) is 24.1 Å². The molecule has 1 aliphatic carbocycles. The highest BCUT2D eigenvalue weighted by molar-refractivity contribution is 4.89. The molecule has 3 heteroatoms. The molecule has 1 saturated carbocycles. The zero-order chi connectivity index (χ0) is 12.1. The third-order valence-corrected chi connectivity index (χ3v) is 4.06. The van der Waals surface area contributed by atoms with Crippen molar-refractivity contribution in [2.24, 2.45) is 5.92 Å². The molecule has 2 fully saturated rings. The van der Waals surface area contributed by atoms with Crippen LogP contribution in [0.1, 0.15) is 39.5 Å². The van der Waals surface area contributed by atoms with Crippen LogP contribution in [0.4, 0.5) is 0 Å². The van der Waals surface area contributed by atoms with Gasteiger partial charge in [0.15, 0.2) is 0 Å². The minimum absolute atomic E-state index is 0.541. The Balaban J connectivity index is 1.73. The van der Waals surface area contributed by atoms with E-state index in [0.717, 1.165) is 38.2 Å². The van der Waals surface area contributed by atoms with Crippen molar-refractivity contribution in [2.75, 3.05) is 32.8 Å². The van der Waals surface area contributed by atoms with Crippen molar-refractivity contribution in [3.8, 4) is 0 Å². The molecule has 1 aliphatic heterocycles. The van der Waals surface area contributed by atoms with E-state index in [1.807, 2.05) is 0 Å². The maximum atomic E-state index is 5.85. The first-order valence-electron chi connectivity index (χ1n) is 7.37. The lowest BCUT2D eigenvalue weighted by atomic mass is 10.1. The van der Waals surface area contributed by atoms with E-state index < -0.39 is 0 Å². The molecular formula is C14H28N2O. The summed E-state index contributed by atoms with van der Waals surface area (Å²) >= 11 is 0. The maximum absolute atomic E-state index is 5.85. The largest absolute Gasteiger partial charge is 0.375 e. The molecule has 1 heterocycles. The first-order chi connectivity index (χ1) is 8.31. The van der Waals surface area contributed by atoms with E-state index in [-0.39, 0.29) is 0 Å². The zero-order valence-corrected chi connectivity index (χ0v) is 11.5. The second kappa shape index (κ2) is 6.72. The molecule has 0 aromatic rings. The number of fused-ring (bicyclic) bond motifs is 1. The van der Waals surface area contributed by atoms with Gasteiger partial charge in [0.1, 0.15) is 0 Å². The van der Waals surface area contributed by atoms with Crippen LogP contribution in [0.15, 0.2) is 0 Å². The van der Waals surface area contributed by atoms with Crippen molar-refractivity contribution < 1.29 is 4.74 Å². The molecule has 0 amide bonds. The number of ether oxygens (including phenoxy) is 1. The molecule has 17 heavy (non-hydrogen) atoms. The summed E-state index contributed by atoms with van der Waals surface area (Å²) in [7, 11) is 0. The SMILES string of the molecule is CCCNCC(C)CN1CCOC2CCCC21. The van der Waals surface area contributed by atoms with Crippen molar-refractivity contribution in [2.45, 2.75) is 51.7 Å². The van der Waals surface area contributed by atoms with Crippen molar-refractivity contribution in [3.63, 3.8) is 0 Å². The van der Waals surface area contributed by atoms with Gasteiger partial charge in [-0.2, -0.15) is 0 Å². The van der Waals surface area contributed by atoms with Crippen molar-refractivity contribution >= 4 is 0 Å². The fourth-order valence-corrected chi connectivity index (χ4v) is 3.22. The quantitative estimate of drug-likeness (QED) is 0.717. The van der Waals surface area contributed by atoms with E-state index in [9.17, 15) is 0 Å². The average molecular weight is 240 g/mol. The Bertz CT molecular complexity index is 222. The molecule has 0 radical (unpaired) electrons. The lowest BCUT2D eigenvalue weighted by Crippen LogP contribution is -2.50. The average Bonchev–Trinajstić information content (AvgIpc) is 2.78. The van der Waals surface area contributed by atoms with Crippen molar-refractivity contribution in [3.05, 3.63) is 0 Å². The predicted molar refractivity (Wildman–Crippen MR) is 71.3 cm³/mol. The van der Waals surface area contributed by atoms with Gasteiger partial charge in [0.2, 0.25) is 0 Å². The molecule has 0 aromatic carbocycles. The third kappa shape index (κ3) is 3.67. The Kier molecular flexibility index (Phi) is 5.26. The van der Waals surface area contributed by atoms with Gasteiger partial charge < -0.3 is 10.1 Å². The maximum Gasteiger partial charge on any atom is 0.0730 e. The number of morpholine rings is 1. The first kappa shape index (κ1) is 13.3. The summed E-state index contributed by atoms with van der Waals surface area (Å²) in [5.74, 6) is 0.751. The summed E-state index contributed by atoms with van der Waals surface area (Å²) in [5, 5.41) is 3.53. The summed E-state index contributed by atoms with van der Waals surface area (Å²) in [6, 6.07) is 0.720. The topological polar surface area (TPSA) is 24.5 Å². The fourth-order valence-electron chi connectivity index (χ4n) is 3.22. The van der Waals surface area contributed by atoms with Crippen molar-refractivity contribution in [1.82, 2.24) is 10.2 Å². The molecule has 100 valence electrons. The fraction of sp³-hybridized carbons (Fsp3) is 1.00. The highest BCUT2D eigenvalue weighted by Crippen LogP contribution is 2.29. The summed E-state index contributed by atoms with van der Waals surface area (Å²) in [6.45, 7) is 10.2. The predicted octanol–water partition coefficient (Wildman–Crippen LogP) is 1.88. The van der Waals surface area contributed by atoms with Crippen LogP contribution in [-0.2, 0) is 4.74 Å². The summed E-state index contributed by atoms with van der Waals surface area (Å²) in [4.78, 5) is 2.68. The molecule has 1 saturated heterocycles. The van der Waals surface area contributed by atoms with E-state index >= 15 is 0 Å². The monoisotopic (exact) mass is 240 g/mol. The molecule has 3 atom stereocenters. The Morgan fingerprint density at radius 2 is 2.29 bits per heavy atom. The molecule has 0 bridgehead atoms. The lowest BCUT2D eigenvalue weighted by molar-refractivity contribution is -0.0594. The van der Waals surface area contributed by atoms with Gasteiger partial charge in [0.05, 0.1) is 12.7 Å². The van der Waals surface area contributed by atoms with Gasteiger partial charge in [0.25, 0.3) is 0 Å². The molecular weight excluding hydrogens is 212 g/mol. The Morgan fingerprint density at radius 1 is 1.41 bits per heavy atom. The highest BCUT2D eigenvalue weighted by atomic mass is 16.5. The Morgan fingerprint density at radius 3 is 3.12 bits per heavy atom. The smallest absolute Gasteiger partial charge is 0.0730 e. The second-order valence-electron chi connectivity index (χ2n) is 5.71. The number of rotatable bonds is 6. The van der Waals surface area contributed by atoms with Crippen LogP contribution < -0.4 is 5.32 Å². The molecule has 3 unspecified atom stereocenters. The van der Waals surface area contributed by atoms with Crippen LogP contribution in [0.3, 0.4) is 0 Å². The van der Waals surface area contributed by atoms with E-state index in [0.29, 0.717) is 6.10 Å². The highest BCUT2D eigenvalue weighted by Gasteiger charge is 2.36. The first-order valence-corrected chi connectivity index (χ1v) is 7.37. The van der Waals surface area contributed by atoms with Gasteiger partial charge >= 0.3 is 0 Å². The van der Waals surface area contributed by atoms with E-state index in [1.165, 1.54) is 32.2 Å². The lowest BCUT2D eigenvalue weighted by Gasteiger charge is -2.39. The van der Waals surface area contributed by atoms with Crippen LogP contribution in [0.2, 0.25) is 0 Å². The zero-order valence-electron chi connectivity index (χ0n) is 11.5. The van der Waals surface area contributed by atoms with Crippen molar-refractivity contribution in [1.29, 1.82) is 0 Å². The van der Waals surface area contributed by atoms with Gasteiger partial charge in [-0.25, -0.2) is 0 Å². The summed E-state index contributed by atoms with van der Waals surface area (Å²) in [6.07, 6.45) is 5.76. The normalized spacial score (nSPS) is 31.4. The van der Waals surface area contributed by atoms with E-state index in [4.69, 9.17) is 4.74 Å². The number of hydrogen-bond acceptors (Lipinski definition) is 3. The van der Waals surface area contributed by atoms with Gasteiger partial charge in [-0.3, -0.25) is 4.90 Å². The number of nitrogens with zero attached hydrogens (tertiary/aromatic N) is 1. The molecule has 3 nitrogen and oxygen atoms in total. The van der Waals surface area contributed by atoms with Crippen LogP contribution in [-0.4, -0.2) is 49.8 Å². The standard InChI is InChI=1S/C14H28N2O/c1-3-7-15-10-12(2)11-16-8-9-17-14-6-4-5-13(14)16/h12-15H,3-11H2,1-2H3. The molecule has 0 spiro atoms. The second-order valence-corrected chi connectivity index (χ2v) is 5.71. The van der Waals surface area contributed by atoms with Gasteiger partial charge in [0, 0.05) is 19.1 Å². The van der Waals surface area contributed by atoms with Crippen LogP contribution in [0.25, 0.3) is 0 Å². The minimum Gasteiger partial charge on any atom is -0.375 e. The Hall–Kier alpha value is -0.120. The minimum atomic E-state index is 0.541. The van der Waals surface area contributed by atoms with Crippen LogP contribution in [0.5, 0.6) is 0 Å². The van der Waals surface area contributed by atoms with Gasteiger partial charge in [-0.05, 0) is 44.7 Å². The molecule has 0 aromatic heterocycles. The number of hydrogen-bond donors (Lipinski definition) is 1. The number of nitrogens with one attached hydrogen (secondary N) is 1. The van der Waals surface area contributed by atoms with Crippen LogP contribution in [0, 0.1) is 5.92 Å². The van der Waals surface area contributed by atoms with E-state index in [1.54, 1.807) is 0 Å². The van der Waals surface area contributed by atoms with Gasteiger partial charge in [-0.1, -0.05) is 13.8 Å². The Labute approximate surface area is 106 Å². The van der Waals surface area contributed by atoms with Gasteiger partial charge in [-0.15, -0.1) is 0 Å². The third-order valence-electron chi connectivity index (χ3n) is 4.06. The molecule has 1 N–H and O–H groups in total. The molecule has 2 rings (SSSR count). The summed E-state index contributed by atoms with van der Waals surface area (Å²) in [5.41, 5.74) is 0. The molecule has 2 aliphatic rings. The van der Waals surface area contributed by atoms with Crippen LogP contribution >= 0.6 is 0 Å². The summed E-state index contributed by atoms with van der Waals surface area (Å²) < 4.78 is 5.85.